The summed E-state index contributed by atoms with van der Waals surface area (Å²) in [6, 6.07) is 3.69. The predicted molar refractivity (Wildman–Crippen MR) is 110 cm³/mol. The normalized spacial score (nSPS) is 22.1. The largest absolute Gasteiger partial charge is 0.363 e. The van der Waals surface area contributed by atoms with Crippen LogP contribution >= 0.6 is 0 Å². The molecule has 1 fully saturated rings. The van der Waals surface area contributed by atoms with Crippen LogP contribution in [0.1, 0.15) is 13.3 Å². The quantitative estimate of drug-likeness (QED) is 0.199. The monoisotopic (exact) mass is 502 g/mol. The summed E-state index contributed by atoms with van der Waals surface area (Å²) < 4.78 is 36.2. The summed E-state index contributed by atoms with van der Waals surface area (Å²) in [7, 11) is 0. The number of nitro benzene ring substituents is 1. The Balaban J connectivity index is 0.000000221. The van der Waals surface area contributed by atoms with Gasteiger partial charge in [0, 0.05) is 26.2 Å². The number of rotatable bonds is 5. The van der Waals surface area contributed by atoms with Gasteiger partial charge in [0.15, 0.2) is 0 Å². The Hall–Kier alpha value is -2.50. The molecule has 1 aliphatic carbocycles. The molecule has 3 rings (SSSR count). The molecule has 13 heteroatoms. The molecule has 11 nitrogen and oxygen atoms in total. The van der Waals surface area contributed by atoms with E-state index >= 15 is 0 Å². The van der Waals surface area contributed by atoms with E-state index in [-0.39, 0.29) is 12.1 Å². The fraction of sp³-hybridized carbons (Fsp3) is 0.389. The number of piperazine rings is 1. The predicted octanol–water partition coefficient (Wildman–Crippen LogP) is 0.911. The summed E-state index contributed by atoms with van der Waals surface area (Å²) in [5.41, 5.74) is 0.329. The molecule has 4 N–H and O–H groups in total. The van der Waals surface area contributed by atoms with Gasteiger partial charge >= 0.3 is 89.1 Å². The first-order valence-electron chi connectivity index (χ1n) is 9.30. The van der Waals surface area contributed by atoms with Gasteiger partial charge in [-0.3, -0.25) is 10.1 Å². The minimum atomic E-state index is -5.02. The van der Waals surface area contributed by atoms with Crippen LogP contribution in [0.3, 0.4) is 0 Å². The molecule has 1 aromatic carbocycles. The van der Waals surface area contributed by atoms with Gasteiger partial charge in [-0.2, -0.15) is 0 Å². The van der Waals surface area contributed by atoms with Crippen LogP contribution in [0.4, 0.5) is 15.8 Å². The molecule has 2 unspecified atom stereocenters. The molecule has 0 aromatic heterocycles. The van der Waals surface area contributed by atoms with Gasteiger partial charge in [-0.1, -0.05) is 0 Å². The molecule has 0 saturated carbocycles. The van der Waals surface area contributed by atoms with Crippen molar-refractivity contribution in [3.63, 3.8) is 0 Å². The second kappa shape index (κ2) is 10.7. The number of benzene rings is 1. The van der Waals surface area contributed by atoms with Crippen molar-refractivity contribution in [2.45, 2.75) is 17.7 Å². The number of allylic oxidation sites excluding steroid dienone is 2. The smallest absolute Gasteiger partial charge is 0.295 e. The second-order valence-corrected chi connectivity index (χ2v) is 11.0. The average Bonchev–Trinajstić information content (AvgIpc) is 2.75. The number of hydrogen-bond donors (Lipinski definition) is 4. The molecule has 1 heterocycles. The molecule has 1 aromatic rings. The molecular formula is C18H24AsFN4O7. The number of carbonyl (C=O) groups is 1. The Morgan fingerprint density at radius 3 is 2.58 bits per heavy atom. The molecule has 2 atom stereocenters. The van der Waals surface area contributed by atoms with E-state index in [1.165, 1.54) is 31.2 Å². The molecule has 0 bridgehead atoms. The summed E-state index contributed by atoms with van der Waals surface area (Å²) >= 11 is -5.02. The molecule has 1 aliphatic heterocycles. The average molecular weight is 502 g/mol. The van der Waals surface area contributed by atoms with Gasteiger partial charge < -0.3 is 10.2 Å². The zero-order valence-electron chi connectivity index (χ0n) is 16.7. The van der Waals surface area contributed by atoms with E-state index in [1.807, 2.05) is 4.90 Å². The van der Waals surface area contributed by atoms with Gasteiger partial charge in [0.1, 0.15) is 11.5 Å². The van der Waals surface area contributed by atoms with Crippen LogP contribution in [-0.2, 0) is 12.4 Å². The third-order valence-electron chi connectivity index (χ3n) is 4.65. The van der Waals surface area contributed by atoms with E-state index in [1.54, 1.807) is 12.2 Å². The first-order chi connectivity index (χ1) is 14.6. The van der Waals surface area contributed by atoms with Crippen molar-refractivity contribution in [1.82, 2.24) is 10.6 Å². The van der Waals surface area contributed by atoms with Crippen LogP contribution in [0.15, 0.2) is 42.5 Å². The van der Waals surface area contributed by atoms with Crippen molar-refractivity contribution < 1.29 is 31.1 Å². The first kappa shape index (κ1) is 24.8. The Morgan fingerprint density at radius 1 is 1.39 bits per heavy atom. The van der Waals surface area contributed by atoms with Gasteiger partial charge in [0.05, 0.1) is 11.0 Å². The number of halogens is 1. The van der Waals surface area contributed by atoms with Crippen molar-refractivity contribution in [3.8, 4) is 0 Å². The van der Waals surface area contributed by atoms with Crippen LogP contribution in [0.25, 0.3) is 0 Å². The Bertz CT molecular complexity index is 920. The summed E-state index contributed by atoms with van der Waals surface area (Å²) in [6.07, 6.45) is 6.26. The van der Waals surface area contributed by atoms with E-state index in [0.717, 1.165) is 19.2 Å². The molecular weight excluding hydrogens is 478 g/mol. The third kappa shape index (κ3) is 6.25. The summed E-state index contributed by atoms with van der Waals surface area (Å²) in [5, 5.41) is 24.7. The van der Waals surface area contributed by atoms with Gasteiger partial charge in [-0.15, -0.1) is 0 Å². The third-order valence-corrected chi connectivity index (χ3v) is 8.16. The number of hydrogen-bond acceptors (Lipinski definition) is 8. The molecule has 0 radical (unpaired) electrons. The minimum absolute atomic E-state index is 0.108. The summed E-state index contributed by atoms with van der Waals surface area (Å²) in [5.74, 6) is -1.05. The summed E-state index contributed by atoms with van der Waals surface area (Å²) in [6.45, 7) is 4.20. The standard InChI is InChI=1S/C10H12FN3O2.C8H12AsNO5/c11-8-1-2-9(10(7-8)14(15)16)13-5-3-12-4-6-13;1-7(11)10-8(9(12,13)15-14)5-3-2-4-6-8/h1-2,7,12H,3-6H2;2-5,14H,6H2,1H3,(H,10,11)(H,12,13). The zero-order valence-corrected chi connectivity index (χ0v) is 18.6. The number of nitrogens with zero attached hydrogens (tertiary/aromatic N) is 2. The van der Waals surface area contributed by atoms with E-state index in [0.29, 0.717) is 18.8 Å². The maximum Gasteiger partial charge on any atom is 0.295 e. The molecule has 0 spiro atoms. The number of nitrogens with one attached hydrogen (secondary N) is 2. The Labute approximate surface area is 180 Å². The SMILES string of the molecule is CC(=O)NC1([As](=O)(O)OO)C=CC=CC1.O=[N+]([O-])c1cc(F)ccc1N1CCNCC1. The second-order valence-electron chi connectivity index (χ2n) is 6.83. The molecule has 1 amide bonds. The molecule has 2 aliphatic rings. The van der Waals surface area contributed by atoms with Crippen molar-refractivity contribution in [1.29, 1.82) is 0 Å². The van der Waals surface area contributed by atoms with Gasteiger partial charge in [-0.05, 0) is 12.1 Å². The Kier molecular flexibility index (Phi) is 8.54. The topological polar surface area (TPSA) is 154 Å². The van der Waals surface area contributed by atoms with Crippen LogP contribution in [-0.4, -0.2) is 64.9 Å². The Morgan fingerprint density at radius 2 is 2.06 bits per heavy atom. The number of carbonyl (C=O) groups excluding carboxylic acids is 1. The van der Waals surface area contributed by atoms with Crippen LogP contribution in [0.2, 0.25) is 0 Å². The maximum atomic E-state index is 12.9. The van der Waals surface area contributed by atoms with Gasteiger partial charge in [0.25, 0.3) is 5.69 Å². The fourth-order valence-corrected chi connectivity index (χ4v) is 5.39. The molecule has 1 saturated heterocycles. The number of nitro groups is 1. The van der Waals surface area contributed by atoms with E-state index in [2.05, 4.69) is 14.5 Å². The zero-order chi connectivity index (χ0) is 23.1. The van der Waals surface area contributed by atoms with Crippen LogP contribution in [0, 0.1) is 15.9 Å². The minimum Gasteiger partial charge on any atom is -0.363 e. The van der Waals surface area contributed by atoms with E-state index in [4.69, 9.17) is 5.26 Å². The maximum absolute atomic E-state index is 12.9. The fourth-order valence-electron chi connectivity index (χ4n) is 3.18. The number of anilines is 1. The van der Waals surface area contributed by atoms with E-state index < -0.39 is 35.1 Å². The van der Waals surface area contributed by atoms with Crippen molar-refractivity contribution >= 4 is 31.5 Å². The van der Waals surface area contributed by atoms with Gasteiger partial charge in [-0.25, -0.2) is 4.39 Å². The number of amides is 1. The van der Waals surface area contributed by atoms with Crippen LogP contribution in [0.5, 0.6) is 0 Å². The van der Waals surface area contributed by atoms with Gasteiger partial charge in [0.2, 0.25) is 0 Å². The van der Waals surface area contributed by atoms with Crippen molar-refractivity contribution in [3.05, 3.63) is 58.4 Å². The van der Waals surface area contributed by atoms with Crippen molar-refractivity contribution in [2.75, 3.05) is 31.1 Å². The first-order valence-corrected chi connectivity index (χ1v) is 12.6. The van der Waals surface area contributed by atoms with Crippen molar-refractivity contribution in [2.24, 2.45) is 0 Å². The van der Waals surface area contributed by atoms with E-state index in [9.17, 15) is 27.1 Å². The summed E-state index contributed by atoms with van der Waals surface area (Å²) in [4.78, 5) is 23.1. The molecule has 170 valence electrons. The molecule has 31 heavy (non-hydrogen) atoms. The van der Waals surface area contributed by atoms with Crippen LogP contribution < -0.4 is 15.5 Å².